The number of amides is 2. The summed E-state index contributed by atoms with van der Waals surface area (Å²) in [4.78, 5) is 12.3. The van der Waals surface area contributed by atoms with E-state index in [0.717, 1.165) is 49.4 Å². The van der Waals surface area contributed by atoms with Gasteiger partial charge in [-0.2, -0.15) is 0 Å². The number of carbonyl (C=O) groups is 1. The van der Waals surface area contributed by atoms with Gasteiger partial charge in [0, 0.05) is 12.1 Å². The van der Waals surface area contributed by atoms with Crippen LogP contribution in [0.15, 0.2) is 0 Å². The third kappa shape index (κ3) is 2.79. The fourth-order valence-electron chi connectivity index (χ4n) is 5.76. The van der Waals surface area contributed by atoms with E-state index in [1.807, 2.05) is 0 Å². The van der Waals surface area contributed by atoms with Crippen molar-refractivity contribution in [1.29, 1.82) is 0 Å². The maximum atomic E-state index is 12.3. The van der Waals surface area contributed by atoms with Crippen LogP contribution >= 0.6 is 0 Å². The third-order valence-corrected chi connectivity index (χ3v) is 6.56. The van der Waals surface area contributed by atoms with Crippen LogP contribution in [0, 0.1) is 23.7 Å². The first-order valence-corrected chi connectivity index (χ1v) is 8.92. The van der Waals surface area contributed by atoms with Gasteiger partial charge in [-0.3, -0.25) is 0 Å². The molecule has 2 amide bonds. The van der Waals surface area contributed by atoms with E-state index in [9.17, 15) is 9.90 Å². The van der Waals surface area contributed by atoms with Gasteiger partial charge < -0.3 is 15.7 Å². The summed E-state index contributed by atoms with van der Waals surface area (Å²) in [6, 6.07) is 0.714. The van der Waals surface area contributed by atoms with Crippen LogP contribution in [0.25, 0.3) is 0 Å². The molecule has 4 nitrogen and oxygen atoms in total. The number of hydrogen-bond acceptors (Lipinski definition) is 2. The molecule has 0 unspecified atom stereocenters. The molecule has 5 rings (SSSR count). The highest BCUT2D eigenvalue weighted by Crippen LogP contribution is 2.53. The minimum Gasteiger partial charge on any atom is -0.393 e. The molecule has 0 radical (unpaired) electrons. The lowest BCUT2D eigenvalue weighted by Gasteiger charge is -2.54. The van der Waals surface area contributed by atoms with Crippen molar-refractivity contribution < 1.29 is 9.90 Å². The predicted molar refractivity (Wildman–Crippen MR) is 80.8 cm³/mol. The molecule has 118 valence electrons. The zero-order chi connectivity index (χ0) is 14.4. The molecule has 21 heavy (non-hydrogen) atoms. The van der Waals surface area contributed by atoms with Crippen molar-refractivity contribution in [3.05, 3.63) is 0 Å². The number of carbonyl (C=O) groups excluding carboxylic acids is 1. The Hall–Kier alpha value is -0.770. The molecular weight excluding hydrogens is 264 g/mol. The average molecular weight is 292 g/mol. The highest BCUT2D eigenvalue weighted by Gasteiger charge is 2.48. The van der Waals surface area contributed by atoms with Crippen molar-refractivity contribution in [1.82, 2.24) is 10.6 Å². The van der Waals surface area contributed by atoms with Gasteiger partial charge in [-0.05, 0) is 81.5 Å². The SMILES string of the molecule is O=C(NC1CCC(O)CC1)NC1C2CC3CC(C2)CC1C3. The Balaban J connectivity index is 1.30. The van der Waals surface area contributed by atoms with Crippen LogP contribution in [-0.4, -0.2) is 29.3 Å². The summed E-state index contributed by atoms with van der Waals surface area (Å²) in [6.45, 7) is 0. The van der Waals surface area contributed by atoms with Crippen molar-refractivity contribution in [2.24, 2.45) is 23.7 Å². The molecule has 0 aromatic carbocycles. The second kappa shape index (κ2) is 5.45. The molecule has 4 heteroatoms. The van der Waals surface area contributed by atoms with Gasteiger partial charge in [0.25, 0.3) is 0 Å². The Bertz CT molecular complexity index is 376. The van der Waals surface area contributed by atoms with Crippen LogP contribution < -0.4 is 10.6 Å². The highest BCUT2D eigenvalue weighted by molar-refractivity contribution is 5.74. The Morgan fingerprint density at radius 1 is 0.810 bits per heavy atom. The van der Waals surface area contributed by atoms with E-state index in [1.165, 1.54) is 32.1 Å². The molecule has 0 aliphatic heterocycles. The normalized spacial score (nSPS) is 48.1. The Kier molecular flexibility index (Phi) is 3.60. The molecule has 3 N–H and O–H groups in total. The molecule has 0 spiro atoms. The predicted octanol–water partition coefficient (Wildman–Crippen LogP) is 2.41. The maximum Gasteiger partial charge on any atom is 0.315 e. The van der Waals surface area contributed by atoms with Gasteiger partial charge in [0.05, 0.1) is 6.10 Å². The molecule has 0 saturated heterocycles. The van der Waals surface area contributed by atoms with Gasteiger partial charge in [0.2, 0.25) is 0 Å². The average Bonchev–Trinajstić information content (AvgIpc) is 2.45. The third-order valence-electron chi connectivity index (χ3n) is 6.56. The van der Waals surface area contributed by atoms with Crippen molar-refractivity contribution >= 4 is 6.03 Å². The fraction of sp³-hybridized carbons (Fsp3) is 0.941. The molecule has 4 bridgehead atoms. The highest BCUT2D eigenvalue weighted by atomic mass is 16.3. The topological polar surface area (TPSA) is 61.4 Å². The lowest BCUT2D eigenvalue weighted by molar-refractivity contribution is -0.00963. The summed E-state index contributed by atoms with van der Waals surface area (Å²) in [5, 5.41) is 16.0. The van der Waals surface area contributed by atoms with Gasteiger partial charge in [-0.15, -0.1) is 0 Å². The van der Waals surface area contributed by atoms with Gasteiger partial charge in [0.15, 0.2) is 0 Å². The van der Waals surface area contributed by atoms with E-state index in [2.05, 4.69) is 10.6 Å². The largest absolute Gasteiger partial charge is 0.393 e. The van der Waals surface area contributed by atoms with Gasteiger partial charge >= 0.3 is 6.03 Å². The summed E-state index contributed by atoms with van der Waals surface area (Å²) in [7, 11) is 0. The number of aliphatic hydroxyl groups excluding tert-OH is 1. The van der Waals surface area contributed by atoms with Crippen molar-refractivity contribution in [2.75, 3.05) is 0 Å². The summed E-state index contributed by atoms with van der Waals surface area (Å²) in [6.07, 6.45) is 10.1. The summed E-state index contributed by atoms with van der Waals surface area (Å²) in [5.74, 6) is 3.38. The molecule has 5 aliphatic rings. The maximum absolute atomic E-state index is 12.3. The number of hydrogen-bond donors (Lipinski definition) is 3. The van der Waals surface area contributed by atoms with E-state index < -0.39 is 0 Å². The lowest BCUT2D eigenvalue weighted by Crippen LogP contribution is -2.58. The van der Waals surface area contributed by atoms with Crippen molar-refractivity contribution in [2.45, 2.75) is 76.0 Å². The standard InChI is InChI=1S/C17H28N2O2/c20-15-3-1-14(2-4-15)18-17(21)19-16-12-6-10-5-11(8-12)9-13(16)7-10/h10-16,20H,1-9H2,(H2,18,19,21). The Morgan fingerprint density at radius 3 is 1.95 bits per heavy atom. The van der Waals surface area contributed by atoms with Crippen LogP contribution in [0.4, 0.5) is 4.79 Å². The fourth-order valence-corrected chi connectivity index (χ4v) is 5.76. The quantitative estimate of drug-likeness (QED) is 0.732. The molecular formula is C17H28N2O2. The summed E-state index contributed by atoms with van der Waals surface area (Å²) < 4.78 is 0. The van der Waals surface area contributed by atoms with Crippen molar-refractivity contribution in [3.63, 3.8) is 0 Å². The van der Waals surface area contributed by atoms with E-state index in [0.29, 0.717) is 6.04 Å². The van der Waals surface area contributed by atoms with Crippen LogP contribution in [0.5, 0.6) is 0 Å². The van der Waals surface area contributed by atoms with Gasteiger partial charge in [0.1, 0.15) is 0 Å². The molecule has 0 aromatic heterocycles. The molecule has 5 aliphatic carbocycles. The second-order valence-electron chi connectivity index (χ2n) is 8.08. The van der Waals surface area contributed by atoms with E-state index in [4.69, 9.17) is 0 Å². The number of urea groups is 1. The molecule has 5 saturated carbocycles. The zero-order valence-corrected chi connectivity index (χ0v) is 12.8. The first-order chi connectivity index (χ1) is 10.2. The molecule has 0 heterocycles. The van der Waals surface area contributed by atoms with Crippen LogP contribution in [-0.2, 0) is 0 Å². The summed E-state index contributed by atoms with van der Waals surface area (Å²) in [5.41, 5.74) is 0. The minimum atomic E-state index is -0.157. The first-order valence-electron chi connectivity index (χ1n) is 8.92. The van der Waals surface area contributed by atoms with Gasteiger partial charge in [-0.1, -0.05) is 0 Å². The minimum absolute atomic E-state index is 0.0360. The van der Waals surface area contributed by atoms with Crippen LogP contribution in [0.3, 0.4) is 0 Å². The van der Waals surface area contributed by atoms with Crippen LogP contribution in [0.1, 0.15) is 57.8 Å². The smallest absolute Gasteiger partial charge is 0.315 e. The van der Waals surface area contributed by atoms with Gasteiger partial charge in [-0.25, -0.2) is 4.79 Å². The number of nitrogens with one attached hydrogen (secondary N) is 2. The molecule has 0 aromatic rings. The number of rotatable bonds is 2. The first kappa shape index (κ1) is 13.9. The molecule has 5 fully saturated rings. The van der Waals surface area contributed by atoms with E-state index >= 15 is 0 Å². The molecule has 0 atom stereocenters. The Morgan fingerprint density at radius 2 is 1.38 bits per heavy atom. The lowest BCUT2D eigenvalue weighted by atomic mass is 9.54. The van der Waals surface area contributed by atoms with Crippen molar-refractivity contribution in [3.8, 4) is 0 Å². The van der Waals surface area contributed by atoms with E-state index in [1.54, 1.807) is 0 Å². The monoisotopic (exact) mass is 292 g/mol. The van der Waals surface area contributed by atoms with E-state index in [-0.39, 0.29) is 18.2 Å². The Labute approximate surface area is 127 Å². The zero-order valence-electron chi connectivity index (χ0n) is 12.8. The summed E-state index contributed by atoms with van der Waals surface area (Å²) >= 11 is 0. The van der Waals surface area contributed by atoms with Crippen LogP contribution in [0.2, 0.25) is 0 Å². The number of aliphatic hydroxyl groups is 1. The second-order valence-corrected chi connectivity index (χ2v) is 8.08.